The molecule has 8 nitrogen and oxygen atoms in total. The molecule has 0 spiro atoms. The first-order valence-corrected chi connectivity index (χ1v) is 10.1. The summed E-state index contributed by atoms with van der Waals surface area (Å²) in [6.45, 7) is 4.57. The van der Waals surface area contributed by atoms with E-state index < -0.39 is 0 Å². The number of methoxy groups -OCH3 is 3. The largest absolute Gasteiger partial charge is 0.493 e. The van der Waals surface area contributed by atoms with Gasteiger partial charge >= 0.3 is 0 Å². The molecule has 1 saturated heterocycles. The molecule has 2 aromatic carbocycles. The maximum Gasteiger partial charge on any atom is 0.238 e. The van der Waals surface area contributed by atoms with E-state index in [1.807, 2.05) is 24.3 Å². The van der Waals surface area contributed by atoms with Crippen LogP contribution in [0.2, 0.25) is 0 Å². The summed E-state index contributed by atoms with van der Waals surface area (Å²) in [6, 6.07) is 13.3. The number of rotatable bonds is 8. The van der Waals surface area contributed by atoms with Crippen molar-refractivity contribution in [3.63, 3.8) is 0 Å². The molecule has 1 heterocycles. The number of carbonyl (C=O) groups excluding carboxylic acids is 1. The van der Waals surface area contributed by atoms with E-state index in [1.54, 1.807) is 33.5 Å². The van der Waals surface area contributed by atoms with Gasteiger partial charge in [-0.25, -0.2) is 0 Å². The molecular formula is C23H28N4O4. The highest BCUT2D eigenvalue weighted by molar-refractivity contribution is 5.93. The monoisotopic (exact) mass is 424 g/mol. The maximum atomic E-state index is 12.6. The Morgan fingerprint density at radius 2 is 1.55 bits per heavy atom. The number of anilines is 1. The van der Waals surface area contributed by atoms with Gasteiger partial charge in [-0.15, -0.1) is 0 Å². The Kier molecular flexibility index (Phi) is 7.70. The lowest BCUT2D eigenvalue weighted by Gasteiger charge is -2.34. The van der Waals surface area contributed by atoms with Crippen LogP contribution in [0.3, 0.4) is 0 Å². The van der Waals surface area contributed by atoms with Crippen molar-refractivity contribution in [2.24, 2.45) is 0 Å². The van der Waals surface area contributed by atoms with Crippen molar-refractivity contribution in [3.05, 3.63) is 47.5 Å². The molecular weight excluding hydrogens is 396 g/mol. The van der Waals surface area contributed by atoms with E-state index in [2.05, 4.69) is 21.2 Å². The zero-order chi connectivity index (χ0) is 22.2. The van der Waals surface area contributed by atoms with Gasteiger partial charge in [-0.1, -0.05) is 12.1 Å². The Balaban J connectivity index is 1.50. The smallest absolute Gasteiger partial charge is 0.238 e. The molecule has 8 heteroatoms. The summed E-state index contributed by atoms with van der Waals surface area (Å²) in [6.07, 6.45) is 0. The molecule has 0 radical (unpaired) electrons. The average Bonchev–Trinajstić information content (AvgIpc) is 2.80. The van der Waals surface area contributed by atoms with Crippen LogP contribution in [0.4, 0.5) is 5.69 Å². The van der Waals surface area contributed by atoms with Gasteiger partial charge < -0.3 is 19.5 Å². The Morgan fingerprint density at radius 3 is 2.06 bits per heavy atom. The third-order valence-electron chi connectivity index (χ3n) is 5.27. The molecule has 2 aromatic rings. The van der Waals surface area contributed by atoms with Gasteiger partial charge in [0.1, 0.15) is 0 Å². The van der Waals surface area contributed by atoms with Gasteiger partial charge in [0.2, 0.25) is 11.7 Å². The summed E-state index contributed by atoms with van der Waals surface area (Å²) in [4.78, 5) is 17.1. The minimum atomic E-state index is -0.0881. The lowest BCUT2D eigenvalue weighted by molar-refractivity contribution is -0.117. The molecule has 31 heavy (non-hydrogen) atoms. The molecule has 1 amide bonds. The number of piperazine rings is 1. The zero-order valence-corrected chi connectivity index (χ0v) is 18.2. The van der Waals surface area contributed by atoms with Crippen LogP contribution in [-0.2, 0) is 11.3 Å². The summed E-state index contributed by atoms with van der Waals surface area (Å²) in [5.41, 5.74) is 2.46. The van der Waals surface area contributed by atoms with Crippen LogP contribution in [0.25, 0.3) is 0 Å². The van der Waals surface area contributed by atoms with Crippen LogP contribution in [-0.4, -0.2) is 69.8 Å². The van der Waals surface area contributed by atoms with Gasteiger partial charge in [0.15, 0.2) is 11.5 Å². The van der Waals surface area contributed by atoms with E-state index in [1.165, 1.54) is 5.56 Å². The third kappa shape index (κ3) is 5.87. The first-order valence-electron chi connectivity index (χ1n) is 10.1. The van der Waals surface area contributed by atoms with E-state index in [4.69, 9.17) is 19.5 Å². The second-order valence-electron chi connectivity index (χ2n) is 7.32. The average molecular weight is 425 g/mol. The summed E-state index contributed by atoms with van der Waals surface area (Å²) < 4.78 is 16.0. The number of hydrogen-bond donors (Lipinski definition) is 1. The number of benzene rings is 2. The zero-order valence-electron chi connectivity index (χ0n) is 18.2. The van der Waals surface area contributed by atoms with Crippen LogP contribution in [0, 0.1) is 11.3 Å². The molecule has 164 valence electrons. The minimum Gasteiger partial charge on any atom is -0.493 e. The summed E-state index contributed by atoms with van der Waals surface area (Å²) >= 11 is 0. The fourth-order valence-corrected chi connectivity index (χ4v) is 3.61. The summed E-state index contributed by atoms with van der Waals surface area (Å²) in [5, 5.41) is 11.8. The molecule has 3 rings (SSSR count). The Morgan fingerprint density at radius 1 is 0.968 bits per heavy atom. The highest BCUT2D eigenvalue weighted by Gasteiger charge is 2.20. The number of carbonyl (C=O) groups is 1. The van der Waals surface area contributed by atoms with Gasteiger partial charge in [-0.3, -0.25) is 14.6 Å². The topological polar surface area (TPSA) is 87.1 Å². The minimum absolute atomic E-state index is 0.0881. The first-order chi connectivity index (χ1) is 15.1. The lowest BCUT2D eigenvalue weighted by Crippen LogP contribution is -2.48. The van der Waals surface area contributed by atoms with Crippen molar-refractivity contribution in [2.45, 2.75) is 6.54 Å². The van der Waals surface area contributed by atoms with Crippen LogP contribution < -0.4 is 19.5 Å². The fraction of sp³-hybridized carbons (Fsp3) is 0.391. The predicted octanol–water partition coefficient (Wildman–Crippen LogP) is 2.34. The number of nitrogens with one attached hydrogen (secondary N) is 1. The molecule has 1 fully saturated rings. The normalized spacial score (nSPS) is 14.5. The SMILES string of the molecule is COc1cc(NC(=O)CN2CCN(Cc3ccc(C#N)cc3)CC2)cc(OC)c1OC. The number of amides is 1. The Labute approximate surface area is 182 Å². The molecule has 1 aliphatic heterocycles. The molecule has 0 aromatic heterocycles. The van der Waals surface area contributed by atoms with E-state index in [0.29, 0.717) is 35.0 Å². The molecule has 0 saturated carbocycles. The highest BCUT2D eigenvalue weighted by Crippen LogP contribution is 2.39. The van der Waals surface area contributed by atoms with Crippen LogP contribution in [0.1, 0.15) is 11.1 Å². The maximum absolute atomic E-state index is 12.6. The van der Waals surface area contributed by atoms with E-state index in [0.717, 1.165) is 32.7 Å². The lowest BCUT2D eigenvalue weighted by atomic mass is 10.1. The van der Waals surface area contributed by atoms with Crippen molar-refractivity contribution in [3.8, 4) is 23.3 Å². The van der Waals surface area contributed by atoms with E-state index in [-0.39, 0.29) is 5.91 Å². The van der Waals surface area contributed by atoms with Crippen LogP contribution in [0.15, 0.2) is 36.4 Å². The predicted molar refractivity (Wildman–Crippen MR) is 118 cm³/mol. The van der Waals surface area contributed by atoms with Gasteiger partial charge in [0, 0.05) is 50.5 Å². The Bertz CT molecular complexity index is 907. The second-order valence-corrected chi connectivity index (χ2v) is 7.32. The quantitative estimate of drug-likeness (QED) is 0.696. The third-order valence-corrected chi connectivity index (χ3v) is 5.27. The molecule has 0 unspecified atom stereocenters. The number of hydrogen-bond acceptors (Lipinski definition) is 7. The van der Waals surface area contributed by atoms with Gasteiger partial charge in [-0.05, 0) is 17.7 Å². The summed E-state index contributed by atoms with van der Waals surface area (Å²) in [5.74, 6) is 1.39. The highest BCUT2D eigenvalue weighted by atomic mass is 16.5. The van der Waals surface area contributed by atoms with Gasteiger partial charge in [-0.2, -0.15) is 5.26 Å². The fourth-order valence-electron chi connectivity index (χ4n) is 3.61. The molecule has 0 aliphatic carbocycles. The van der Waals surface area contributed by atoms with Crippen LogP contribution >= 0.6 is 0 Å². The van der Waals surface area contributed by atoms with Crippen molar-refractivity contribution in [1.29, 1.82) is 5.26 Å². The second kappa shape index (κ2) is 10.7. The van der Waals surface area contributed by atoms with E-state index >= 15 is 0 Å². The van der Waals surface area contributed by atoms with Crippen molar-refractivity contribution >= 4 is 11.6 Å². The molecule has 1 aliphatic rings. The van der Waals surface area contributed by atoms with E-state index in [9.17, 15) is 4.79 Å². The van der Waals surface area contributed by atoms with Gasteiger partial charge in [0.05, 0.1) is 39.5 Å². The Hall–Kier alpha value is -3.28. The number of nitriles is 1. The van der Waals surface area contributed by atoms with Crippen LogP contribution in [0.5, 0.6) is 17.2 Å². The van der Waals surface area contributed by atoms with Gasteiger partial charge in [0.25, 0.3) is 0 Å². The van der Waals surface area contributed by atoms with Crippen molar-refractivity contribution in [1.82, 2.24) is 9.80 Å². The van der Waals surface area contributed by atoms with Crippen molar-refractivity contribution < 1.29 is 19.0 Å². The summed E-state index contributed by atoms with van der Waals surface area (Å²) in [7, 11) is 4.63. The molecule has 1 N–H and O–H groups in total. The standard InChI is InChI=1S/C23H28N4O4/c1-29-20-12-19(13-21(30-2)23(20)31-3)25-22(28)16-27-10-8-26(9-11-27)15-18-6-4-17(14-24)5-7-18/h4-7,12-13H,8-11,15-16H2,1-3H3,(H,25,28). The molecule has 0 bridgehead atoms. The number of nitrogens with zero attached hydrogens (tertiary/aromatic N) is 3. The first kappa shape index (κ1) is 22.4. The number of ether oxygens (including phenoxy) is 3. The van der Waals surface area contributed by atoms with Crippen molar-refractivity contribution in [2.75, 3.05) is 59.4 Å². The molecule has 0 atom stereocenters.